The van der Waals surface area contributed by atoms with Gasteiger partial charge in [0, 0.05) is 23.1 Å². The van der Waals surface area contributed by atoms with Crippen molar-refractivity contribution in [3.63, 3.8) is 0 Å². The Hall–Kier alpha value is 0.270. The number of aliphatic hydroxyl groups is 1. The van der Waals surface area contributed by atoms with Crippen LogP contribution in [-0.2, 0) is 0 Å². The van der Waals surface area contributed by atoms with E-state index in [2.05, 4.69) is 33.0 Å². The minimum Gasteiger partial charge on any atom is -0.392 e. The molecular weight excluding hydrogens is 182 g/mol. The van der Waals surface area contributed by atoms with Gasteiger partial charge in [-0.05, 0) is 13.8 Å². The lowest BCUT2D eigenvalue weighted by Gasteiger charge is -2.21. The van der Waals surface area contributed by atoms with Crippen molar-refractivity contribution in [2.24, 2.45) is 0 Å². The van der Waals surface area contributed by atoms with Crippen LogP contribution in [-0.4, -0.2) is 34.3 Å². The van der Waals surface area contributed by atoms with E-state index in [-0.39, 0.29) is 6.10 Å². The second-order valence-electron chi connectivity index (χ2n) is 4.58. The topological polar surface area (TPSA) is 32.3 Å². The molecule has 2 nitrogen and oxygen atoms in total. The van der Waals surface area contributed by atoms with Crippen LogP contribution in [0.3, 0.4) is 0 Å². The molecule has 0 heterocycles. The molecule has 80 valence electrons. The van der Waals surface area contributed by atoms with Crippen molar-refractivity contribution in [1.29, 1.82) is 0 Å². The third-order valence-electron chi connectivity index (χ3n) is 1.53. The Kier molecular flexibility index (Phi) is 6.01. The summed E-state index contributed by atoms with van der Waals surface area (Å²) in [6.07, 6.45) is -0.248. The van der Waals surface area contributed by atoms with Crippen LogP contribution in [0.15, 0.2) is 0 Å². The Morgan fingerprint density at radius 1 is 1.31 bits per heavy atom. The molecule has 0 aromatic heterocycles. The van der Waals surface area contributed by atoms with Crippen molar-refractivity contribution in [3.05, 3.63) is 0 Å². The maximum atomic E-state index is 9.06. The molecule has 0 spiro atoms. The van der Waals surface area contributed by atoms with Crippen LogP contribution in [0.5, 0.6) is 0 Å². The molecule has 0 aromatic carbocycles. The van der Waals surface area contributed by atoms with Crippen molar-refractivity contribution in [2.75, 3.05) is 12.3 Å². The molecule has 0 aliphatic rings. The molecule has 0 saturated carbocycles. The Labute approximate surface area is 86.5 Å². The van der Waals surface area contributed by atoms with Crippen LogP contribution in [0.2, 0.25) is 0 Å². The van der Waals surface area contributed by atoms with E-state index in [4.69, 9.17) is 5.11 Å². The van der Waals surface area contributed by atoms with Gasteiger partial charge in [0.25, 0.3) is 0 Å². The number of nitrogens with one attached hydrogen (secondary N) is 1. The zero-order chi connectivity index (χ0) is 10.5. The fourth-order valence-corrected chi connectivity index (χ4v) is 1.67. The number of hydrogen-bond acceptors (Lipinski definition) is 3. The van der Waals surface area contributed by atoms with Crippen LogP contribution in [0.1, 0.15) is 34.6 Å². The van der Waals surface area contributed by atoms with Gasteiger partial charge >= 0.3 is 0 Å². The summed E-state index contributed by atoms with van der Waals surface area (Å²) in [5.41, 5.74) is 0. The first-order valence-electron chi connectivity index (χ1n) is 4.86. The highest BCUT2D eigenvalue weighted by atomic mass is 32.2. The van der Waals surface area contributed by atoms with Crippen molar-refractivity contribution < 1.29 is 5.11 Å². The van der Waals surface area contributed by atoms with Crippen LogP contribution in [0, 0.1) is 0 Å². The van der Waals surface area contributed by atoms with Gasteiger partial charge in [-0.15, -0.1) is 0 Å². The molecule has 3 heteroatoms. The summed E-state index contributed by atoms with van der Waals surface area (Å²) >= 11 is 1.95. The summed E-state index contributed by atoms with van der Waals surface area (Å²) in [4.78, 5) is 0. The lowest BCUT2D eigenvalue weighted by molar-refractivity contribution is 0.188. The van der Waals surface area contributed by atoms with E-state index in [1.54, 1.807) is 6.92 Å². The van der Waals surface area contributed by atoms with Gasteiger partial charge in [-0.1, -0.05) is 20.8 Å². The minimum atomic E-state index is -0.248. The second-order valence-corrected chi connectivity index (χ2v) is 6.43. The van der Waals surface area contributed by atoms with Crippen LogP contribution < -0.4 is 5.32 Å². The molecule has 0 amide bonds. The monoisotopic (exact) mass is 205 g/mol. The van der Waals surface area contributed by atoms with Crippen molar-refractivity contribution in [2.45, 2.75) is 51.5 Å². The van der Waals surface area contributed by atoms with Crippen molar-refractivity contribution in [1.82, 2.24) is 5.32 Å². The molecule has 0 rings (SSSR count). The first kappa shape index (κ1) is 13.3. The summed E-state index contributed by atoms with van der Waals surface area (Å²) in [5, 5.41) is 12.3. The standard InChI is InChI=1S/C10H23NOS/c1-8(11-6-9(2)12)7-13-10(3,4)5/h8-9,11-12H,6-7H2,1-5H3/t8?,9-/m1/s1. The second kappa shape index (κ2) is 5.89. The molecule has 0 fully saturated rings. The van der Waals surface area contributed by atoms with Crippen LogP contribution >= 0.6 is 11.8 Å². The Balaban J connectivity index is 3.46. The molecule has 0 saturated heterocycles. The summed E-state index contributed by atoms with van der Waals surface area (Å²) in [7, 11) is 0. The number of rotatable bonds is 5. The van der Waals surface area contributed by atoms with E-state index < -0.39 is 0 Å². The average molecular weight is 205 g/mol. The summed E-state index contributed by atoms with van der Waals surface area (Å²) < 4.78 is 0.334. The van der Waals surface area contributed by atoms with Crippen LogP contribution in [0.4, 0.5) is 0 Å². The van der Waals surface area contributed by atoms with Crippen molar-refractivity contribution in [3.8, 4) is 0 Å². The molecule has 0 radical (unpaired) electrons. The fraction of sp³-hybridized carbons (Fsp3) is 1.00. The molecule has 2 atom stereocenters. The number of hydrogen-bond donors (Lipinski definition) is 2. The lowest BCUT2D eigenvalue weighted by Crippen LogP contribution is -2.34. The molecule has 13 heavy (non-hydrogen) atoms. The minimum absolute atomic E-state index is 0.248. The highest BCUT2D eigenvalue weighted by molar-refractivity contribution is 8.00. The van der Waals surface area contributed by atoms with Gasteiger partial charge in [-0.3, -0.25) is 0 Å². The van der Waals surface area contributed by atoms with Gasteiger partial charge in [0.15, 0.2) is 0 Å². The van der Waals surface area contributed by atoms with Gasteiger partial charge in [0.2, 0.25) is 0 Å². The highest BCUT2D eigenvalue weighted by Gasteiger charge is 2.12. The van der Waals surface area contributed by atoms with Gasteiger partial charge in [0.05, 0.1) is 6.10 Å². The van der Waals surface area contributed by atoms with Crippen LogP contribution in [0.25, 0.3) is 0 Å². The van der Waals surface area contributed by atoms with Gasteiger partial charge in [-0.25, -0.2) is 0 Å². The first-order valence-corrected chi connectivity index (χ1v) is 5.85. The summed E-state index contributed by atoms with van der Waals surface area (Å²) in [6.45, 7) is 11.3. The Morgan fingerprint density at radius 3 is 2.23 bits per heavy atom. The third-order valence-corrected chi connectivity index (χ3v) is 3.06. The molecule has 1 unspecified atom stereocenters. The lowest BCUT2D eigenvalue weighted by atomic mass is 10.3. The fourth-order valence-electron chi connectivity index (χ4n) is 0.806. The average Bonchev–Trinajstić information content (AvgIpc) is 1.95. The molecular formula is C10H23NOS. The van der Waals surface area contributed by atoms with E-state index in [1.807, 2.05) is 11.8 Å². The number of aliphatic hydroxyl groups excluding tert-OH is 1. The van der Waals surface area contributed by atoms with Gasteiger partial charge in [-0.2, -0.15) is 11.8 Å². The van der Waals surface area contributed by atoms with E-state index in [0.29, 0.717) is 17.3 Å². The molecule has 0 bridgehead atoms. The molecule has 0 aromatic rings. The summed E-state index contributed by atoms with van der Waals surface area (Å²) in [6, 6.07) is 0.471. The van der Waals surface area contributed by atoms with E-state index >= 15 is 0 Å². The quantitative estimate of drug-likeness (QED) is 0.719. The highest BCUT2D eigenvalue weighted by Crippen LogP contribution is 2.23. The predicted octanol–water partition coefficient (Wildman–Crippen LogP) is 1.88. The predicted molar refractivity (Wildman–Crippen MR) is 61.4 cm³/mol. The maximum Gasteiger partial charge on any atom is 0.0636 e. The van der Waals surface area contributed by atoms with Crippen molar-refractivity contribution >= 4 is 11.8 Å². The number of thioether (sulfide) groups is 1. The molecule has 0 aliphatic carbocycles. The zero-order valence-electron chi connectivity index (χ0n) is 9.42. The summed E-state index contributed by atoms with van der Waals surface area (Å²) in [5.74, 6) is 1.09. The van der Waals surface area contributed by atoms with Gasteiger partial charge < -0.3 is 10.4 Å². The van der Waals surface area contributed by atoms with E-state index in [9.17, 15) is 0 Å². The molecule has 2 N–H and O–H groups in total. The maximum absolute atomic E-state index is 9.06. The molecule has 0 aliphatic heterocycles. The Morgan fingerprint density at radius 2 is 1.85 bits per heavy atom. The SMILES string of the molecule is CC(CSC(C)(C)C)NC[C@@H](C)O. The first-order chi connectivity index (χ1) is 5.81. The zero-order valence-corrected chi connectivity index (χ0v) is 10.2. The smallest absolute Gasteiger partial charge is 0.0636 e. The van der Waals surface area contributed by atoms with E-state index in [1.165, 1.54) is 0 Å². The normalized spacial score (nSPS) is 17.1. The third kappa shape index (κ3) is 10.2. The van der Waals surface area contributed by atoms with E-state index in [0.717, 1.165) is 5.75 Å². The largest absolute Gasteiger partial charge is 0.392 e. The van der Waals surface area contributed by atoms with Gasteiger partial charge in [0.1, 0.15) is 0 Å². The Bertz CT molecular complexity index is 131.